The zero-order valence-electron chi connectivity index (χ0n) is 12.2. The molecule has 0 amide bonds. The van der Waals surface area contributed by atoms with Crippen LogP contribution in [0.1, 0.15) is 35.2 Å². The topological polar surface area (TPSA) is 103 Å². The van der Waals surface area contributed by atoms with Gasteiger partial charge < -0.3 is 16.8 Å². The molecule has 1 aliphatic carbocycles. The number of aromatic nitrogens is 3. The molecule has 3 rings (SSSR count). The summed E-state index contributed by atoms with van der Waals surface area (Å²) in [7, 11) is 0. The molecule has 6 nitrogen and oxygen atoms in total. The molecule has 0 aromatic carbocycles. The molecule has 0 aliphatic heterocycles. The first-order valence-corrected chi connectivity index (χ1v) is 7.53. The SMILES string of the molecule is Cc1nc(CNc2cc(C3CC(N)C3)nc(N)n2)cs1.Cl.Cl. The third-order valence-corrected chi connectivity index (χ3v) is 4.30. The van der Waals surface area contributed by atoms with Gasteiger partial charge in [-0.3, -0.25) is 0 Å². The molecule has 122 valence electrons. The quantitative estimate of drug-likeness (QED) is 0.771. The standard InChI is InChI=1S/C13H18N6S.2ClH/c1-7-17-10(6-20-7)5-16-12-4-11(18-13(15)19-12)8-2-9(14)3-8;;/h4,6,8-9H,2-3,5,14H2,1H3,(H3,15,16,18,19);2*1H. The summed E-state index contributed by atoms with van der Waals surface area (Å²) in [5.41, 5.74) is 13.6. The molecule has 0 unspecified atom stereocenters. The molecule has 9 heteroatoms. The van der Waals surface area contributed by atoms with E-state index in [0.717, 1.165) is 35.1 Å². The third-order valence-electron chi connectivity index (χ3n) is 3.47. The predicted molar refractivity (Wildman–Crippen MR) is 95.1 cm³/mol. The van der Waals surface area contributed by atoms with Gasteiger partial charge in [-0.1, -0.05) is 0 Å². The maximum atomic E-state index is 5.82. The molecule has 0 saturated heterocycles. The van der Waals surface area contributed by atoms with Gasteiger partial charge in [-0.25, -0.2) is 9.97 Å². The van der Waals surface area contributed by atoms with Crippen molar-refractivity contribution in [2.45, 2.75) is 38.3 Å². The molecule has 0 atom stereocenters. The zero-order chi connectivity index (χ0) is 14.1. The first kappa shape index (κ1) is 18.9. The second-order valence-electron chi connectivity index (χ2n) is 5.18. The van der Waals surface area contributed by atoms with Crippen LogP contribution >= 0.6 is 36.2 Å². The number of nitrogens with one attached hydrogen (secondary N) is 1. The number of halogens is 2. The Labute approximate surface area is 146 Å². The molecule has 0 bridgehead atoms. The molecular weight excluding hydrogens is 343 g/mol. The Morgan fingerprint density at radius 1 is 1.27 bits per heavy atom. The van der Waals surface area contributed by atoms with Gasteiger partial charge in [0.1, 0.15) is 5.82 Å². The van der Waals surface area contributed by atoms with Crippen LogP contribution in [0.4, 0.5) is 11.8 Å². The Bertz CT molecular complexity index is 614. The van der Waals surface area contributed by atoms with E-state index in [1.165, 1.54) is 0 Å². The molecule has 2 aromatic heterocycles. The van der Waals surface area contributed by atoms with Crippen molar-refractivity contribution < 1.29 is 0 Å². The average Bonchev–Trinajstić information content (AvgIpc) is 2.78. The van der Waals surface area contributed by atoms with Crippen molar-refractivity contribution in [3.05, 3.63) is 27.8 Å². The minimum Gasteiger partial charge on any atom is -0.368 e. The molecule has 2 aromatic rings. The number of hydrogen-bond donors (Lipinski definition) is 3. The minimum atomic E-state index is 0. The molecule has 2 heterocycles. The normalized spacial score (nSPS) is 19.5. The van der Waals surface area contributed by atoms with Gasteiger partial charge in [0.2, 0.25) is 5.95 Å². The molecule has 5 N–H and O–H groups in total. The molecule has 0 spiro atoms. The van der Waals surface area contributed by atoms with E-state index >= 15 is 0 Å². The highest BCUT2D eigenvalue weighted by molar-refractivity contribution is 7.09. The number of nitrogen functional groups attached to an aromatic ring is 1. The second kappa shape index (κ2) is 7.92. The Morgan fingerprint density at radius 3 is 2.59 bits per heavy atom. The van der Waals surface area contributed by atoms with Crippen molar-refractivity contribution >= 4 is 47.9 Å². The number of hydrogen-bond acceptors (Lipinski definition) is 7. The molecule has 1 aliphatic rings. The Morgan fingerprint density at radius 2 is 2.00 bits per heavy atom. The van der Waals surface area contributed by atoms with Crippen LogP contribution in [0.2, 0.25) is 0 Å². The summed E-state index contributed by atoms with van der Waals surface area (Å²) in [6.07, 6.45) is 1.95. The van der Waals surface area contributed by atoms with Gasteiger partial charge in [-0.2, -0.15) is 4.98 Å². The van der Waals surface area contributed by atoms with Crippen LogP contribution in [0.25, 0.3) is 0 Å². The van der Waals surface area contributed by atoms with Crippen molar-refractivity contribution in [2.24, 2.45) is 5.73 Å². The van der Waals surface area contributed by atoms with Crippen LogP contribution in [0.5, 0.6) is 0 Å². The van der Waals surface area contributed by atoms with Crippen molar-refractivity contribution in [1.29, 1.82) is 0 Å². The summed E-state index contributed by atoms with van der Waals surface area (Å²) in [6.45, 7) is 2.64. The lowest BCUT2D eigenvalue weighted by atomic mass is 9.78. The van der Waals surface area contributed by atoms with E-state index in [4.69, 9.17) is 11.5 Å². The fraction of sp³-hybridized carbons (Fsp3) is 0.462. The van der Waals surface area contributed by atoms with Gasteiger partial charge in [0.15, 0.2) is 0 Å². The van der Waals surface area contributed by atoms with Gasteiger partial charge in [0.05, 0.1) is 22.9 Å². The summed E-state index contributed by atoms with van der Waals surface area (Å²) < 4.78 is 0. The van der Waals surface area contributed by atoms with E-state index in [1.54, 1.807) is 11.3 Å². The van der Waals surface area contributed by atoms with Gasteiger partial charge in [0.25, 0.3) is 0 Å². The molecule has 0 radical (unpaired) electrons. The highest BCUT2D eigenvalue weighted by Gasteiger charge is 2.29. The number of nitrogens with zero attached hydrogens (tertiary/aromatic N) is 3. The van der Waals surface area contributed by atoms with Crippen molar-refractivity contribution in [1.82, 2.24) is 15.0 Å². The van der Waals surface area contributed by atoms with E-state index in [-0.39, 0.29) is 24.8 Å². The number of anilines is 2. The van der Waals surface area contributed by atoms with E-state index in [2.05, 4.69) is 20.3 Å². The fourth-order valence-corrected chi connectivity index (χ4v) is 2.97. The Kier molecular flexibility index (Phi) is 6.80. The van der Waals surface area contributed by atoms with Gasteiger partial charge in [0, 0.05) is 23.4 Å². The van der Waals surface area contributed by atoms with Crippen molar-refractivity contribution in [3.63, 3.8) is 0 Å². The summed E-state index contributed by atoms with van der Waals surface area (Å²) in [6, 6.07) is 2.26. The van der Waals surface area contributed by atoms with Crippen LogP contribution in [-0.2, 0) is 6.54 Å². The second-order valence-corrected chi connectivity index (χ2v) is 6.24. The first-order chi connectivity index (χ1) is 9.60. The average molecular weight is 363 g/mol. The third kappa shape index (κ3) is 4.42. The van der Waals surface area contributed by atoms with Crippen LogP contribution < -0.4 is 16.8 Å². The van der Waals surface area contributed by atoms with E-state index in [1.807, 2.05) is 18.4 Å². The lowest BCUT2D eigenvalue weighted by Crippen LogP contribution is -2.35. The lowest BCUT2D eigenvalue weighted by Gasteiger charge is -2.32. The highest BCUT2D eigenvalue weighted by atomic mass is 35.5. The maximum absolute atomic E-state index is 5.82. The van der Waals surface area contributed by atoms with Crippen LogP contribution in [0.15, 0.2) is 11.4 Å². The van der Waals surface area contributed by atoms with Crippen LogP contribution in [-0.4, -0.2) is 21.0 Å². The molecule has 22 heavy (non-hydrogen) atoms. The summed E-state index contributed by atoms with van der Waals surface area (Å²) in [5.74, 6) is 1.47. The highest BCUT2D eigenvalue weighted by Crippen LogP contribution is 2.35. The zero-order valence-corrected chi connectivity index (χ0v) is 14.6. The number of nitrogens with two attached hydrogens (primary N) is 2. The molecular formula is C13H20Cl2N6S. The van der Waals surface area contributed by atoms with Crippen LogP contribution in [0.3, 0.4) is 0 Å². The number of rotatable bonds is 4. The van der Waals surface area contributed by atoms with Crippen molar-refractivity contribution in [3.8, 4) is 0 Å². The fourth-order valence-electron chi connectivity index (χ4n) is 2.36. The molecule has 1 saturated carbocycles. The van der Waals surface area contributed by atoms with Crippen molar-refractivity contribution in [2.75, 3.05) is 11.1 Å². The summed E-state index contributed by atoms with van der Waals surface area (Å²) in [4.78, 5) is 12.9. The monoisotopic (exact) mass is 362 g/mol. The Hall–Kier alpha value is -1.15. The lowest BCUT2D eigenvalue weighted by molar-refractivity contribution is 0.345. The summed E-state index contributed by atoms with van der Waals surface area (Å²) >= 11 is 1.64. The largest absolute Gasteiger partial charge is 0.368 e. The van der Waals surface area contributed by atoms with Gasteiger partial charge >= 0.3 is 0 Å². The predicted octanol–water partition coefficient (Wildman–Crippen LogP) is 2.48. The maximum Gasteiger partial charge on any atom is 0.222 e. The smallest absolute Gasteiger partial charge is 0.222 e. The molecule has 1 fully saturated rings. The number of aryl methyl sites for hydroxylation is 1. The van der Waals surface area contributed by atoms with Crippen LogP contribution in [0, 0.1) is 6.92 Å². The number of thiazole rings is 1. The Balaban J connectivity index is 0.00000121. The first-order valence-electron chi connectivity index (χ1n) is 6.65. The van der Waals surface area contributed by atoms with E-state index in [9.17, 15) is 0 Å². The van der Waals surface area contributed by atoms with Gasteiger partial charge in [-0.05, 0) is 19.8 Å². The summed E-state index contributed by atoms with van der Waals surface area (Å²) in [5, 5.41) is 6.36. The van der Waals surface area contributed by atoms with E-state index < -0.39 is 0 Å². The van der Waals surface area contributed by atoms with E-state index in [0.29, 0.717) is 24.5 Å². The minimum absolute atomic E-state index is 0. The van der Waals surface area contributed by atoms with Gasteiger partial charge in [-0.15, -0.1) is 36.2 Å².